The van der Waals surface area contributed by atoms with Gasteiger partial charge in [-0.3, -0.25) is 4.79 Å². The lowest BCUT2D eigenvalue weighted by molar-refractivity contribution is 0.0786. The van der Waals surface area contributed by atoms with Crippen LogP contribution < -0.4 is 4.74 Å². The number of ether oxygens (including phenoxy) is 1. The van der Waals surface area contributed by atoms with E-state index < -0.39 is 0 Å². The summed E-state index contributed by atoms with van der Waals surface area (Å²) in [7, 11) is 3.47. The maximum Gasteiger partial charge on any atom is 0.256 e. The predicted molar refractivity (Wildman–Crippen MR) is 91.8 cm³/mol. The van der Waals surface area contributed by atoms with Gasteiger partial charge in [-0.15, -0.1) is 0 Å². The molecule has 1 amide bonds. The quantitative estimate of drug-likeness (QED) is 0.797. The summed E-state index contributed by atoms with van der Waals surface area (Å²) in [5.41, 5.74) is 3.63. The summed E-state index contributed by atoms with van der Waals surface area (Å²) in [5, 5.41) is 0.924. The molecule has 0 bridgehead atoms. The summed E-state index contributed by atoms with van der Waals surface area (Å²) in [6.45, 7) is 2.51. The first kappa shape index (κ1) is 15.2. The number of nitrogens with zero attached hydrogens (tertiary/aromatic N) is 1. The van der Waals surface area contributed by atoms with Crippen molar-refractivity contribution in [2.24, 2.45) is 0 Å². The average molecular weight is 308 g/mol. The highest BCUT2D eigenvalue weighted by Gasteiger charge is 2.20. The van der Waals surface area contributed by atoms with Crippen molar-refractivity contribution < 1.29 is 9.53 Å². The number of carbonyl (C=O) groups excluding carboxylic acids is 1. The third kappa shape index (κ3) is 2.93. The molecular formula is C19H20N2O2. The van der Waals surface area contributed by atoms with Crippen molar-refractivity contribution in [3.8, 4) is 5.75 Å². The second kappa shape index (κ2) is 6.16. The molecular weight excluding hydrogens is 288 g/mol. The van der Waals surface area contributed by atoms with E-state index in [4.69, 9.17) is 4.74 Å². The maximum absolute atomic E-state index is 12.9. The van der Waals surface area contributed by atoms with Gasteiger partial charge in [-0.25, -0.2) is 0 Å². The van der Waals surface area contributed by atoms with Crippen LogP contribution in [0, 0.1) is 6.92 Å². The number of rotatable bonds is 4. The monoisotopic (exact) mass is 308 g/mol. The van der Waals surface area contributed by atoms with Crippen LogP contribution in [0.3, 0.4) is 0 Å². The van der Waals surface area contributed by atoms with E-state index >= 15 is 0 Å². The van der Waals surface area contributed by atoms with Crippen molar-refractivity contribution in [2.75, 3.05) is 14.2 Å². The molecule has 0 radical (unpaired) electrons. The summed E-state index contributed by atoms with van der Waals surface area (Å²) in [6, 6.07) is 15.7. The fourth-order valence-corrected chi connectivity index (χ4v) is 2.83. The fraction of sp³-hybridized carbons (Fsp3) is 0.211. The van der Waals surface area contributed by atoms with Gasteiger partial charge in [0.15, 0.2) is 0 Å². The average Bonchev–Trinajstić information content (AvgIpc) is 2.89. The van der Waals surface area contributed by atoms with Crippen LogP contribution in [0.4, 0.5) is 0 Å². The van der Waals surface area contributed by atoms with E-state index in [2.05, 4.69) is 4.98 Å². The molecule has 1 N–H and O–H groups in total. The van der Waals surface area contributed by atoms with E-state index in [1.807, 2.05) is 62.5 Å². The summed E-state index contributed by atoms with van der Waals surface area (Å²) >= 11 is 0. The molecule has 1 aromatic heterocycles. The molecule has 4 heteroatoms. The third-order valence-electron chi connectivity index (χ3n) is 4.02. The van der Waals surface area contributed by atoms with Gasteiger partial charge in [0.2, 0.25) is 0 Å². The summed E-state index contributed by atoms with van der Waals surface area (Å²) in [5.74, 6) is 0.790. The Morgan fingerprint density at radius 2 is 1.91 bits per heavy atom. The fourth-order valence-electron chi connectivity index (χ4n) is 2.83. The molecule has 0 atom stereocenters. The standard InChI is InChI=1S/C19H20N2O2/c1-13-18(16-10-9-15(23-3)11-17(16)20-13)19(22)21(2)12-14-7-5-4-6-8-14/h4-11,20H,12H2,1-3H3. The van der Waals surface area contributed by atoms with Crippen molar-refractivity contribution in [1.29, 1.82) is 0 Å². The van der Waals surface area contributed by atoms with Crippen LogP contribution in [0.1, 0.15) is 21.6 Å². The van der Waals surface area contributed by atoms with Crippen LogP contribution in [0.2, 0.25) is 0 Å². The summed E-state index contributed by atoms with van der Waals surface area (Å²) in [4.78, 5) is 17.9. The van der Waals surface area contributed by atoms with Gasteiger partial charge in [-0.05, 0) is 24.6 Å². The maximum atomic E-state index is 12.9. The molecule has 0 saturated heterocycles. The summed E-state index contributed by atoms with van der Waals surface area (Å²) in [6.07, 6.45) is 0. The minimum atomic E-state index is 0.0165. The molecule has 0 aliphatic rings. The molecule has 118 valence electrons. The highest BCUT2D eigenvalue weighted by molar-refractivity contribution is 6.08. The predicted octanol–water partition coefficient (Wildman–Crippen LogP) is 3.76. The number of amides is 1. The Kier molecular flexibility index (Phi) is 4.06. The number of H-pyrrole nitrogens is 1. The molecule has 2 aromatic carbocycles. The molecule has 0 aliphatic carbocycles. The molecule has 1 heterocycles. The van der Waals surface area contributed by atoms with Crippen molar-refractivity contribution in [1.82, 2.24) is 9.88 Å². The molecule has 23 heavy (non-hydrogen) atoms. The van der Waals surface area contributed by atoms with Crippen LogP contribution in [0.5, 0.6) is 5.75 Å². The normalized spacial score (nSPS) is 10.7. The van der Waals surface area contributed by atoms with E-state index in [1.165, 1.54) is 0 Å². The first-order valence-electron chi connectivity index (χ1n) is 7.56. The van der Waals surface area contributed by atoms with Gasteiger partial charge in [0.05, 0.1) is 18.2 Å². The third-order valence-corrected chi connectivity index (χ3v) is 4.02. The molecule has 4 nitrogen and oxygen atoms in total. The Hall–Kier alpha value is -2.75. The number of methoxy groups -OCH3 is 1. The van der Waals surface area contributed by atoms with E-state index in [1.54, 1.807) is 12.0 Å². The lowest BCUT2D eigenvalue weighted by Gasteiger charge is -2.17. The highest BCUT2D eigenvalue weighted by atomic mass is 16.5. The number of aromatic amines is 1. The Labute approximate surface area is 135 Å². The van der Waals surface area contributed by atoms with Crippen molar-refractivity contribution in [3.63, 3.8) is 0 Å². The molecule has 3 aromatic rings. The zero-order valence-corrected chi connectivity index (χ0v) is 13.6. The zero-order chi connectivity index (χ0) is 16.4. The van der Waals surface area contributed by atoms with Crippen molar-refractivity contribution in [3.05, 3.63) is 65.4 Å². The second-order valence-corrected chi connectivity index (χ2v) is 5.68. The van der Waals surface area contributed by atoms with Crippen LogP contribution >= 0.6 is 0 Å². The lowest BCUT2D eigenvalue weighted by atomic mass is 10.1. The van der Waals surface area contributed by atoms with E-state index in [0.29, 0.717) is 6.54 Å². The van der Waals surface area contributed by atoms with Gasteiger partial charge >= 0.3 is 0 Å². The summed E-state index contributed by atoms with van der Waals surface area (Å²) < 4.78 is 5.24. The molecule has 0 fully saturated rings. The number of fused-ring (bicyclic) bond motifs is 1. The second-order valence-electron chi connectivity index (χ2n) is 5.68. The van der Waals surface area contributed by atoms with Gasteiger partial charge in [-0.2, -0.15) is 0 Å². The van der Waals surface area contributed by atoms with Gasteiger partial charge in [0.1, 0.15) is 5.75 Å². The molecule has 3 rings (SSSR count). The number of aryl methyl sites for hydroxylation is 1. The molecule has 0 unspecified atom stereocenters. The Morgan fingerprint density at radius 1 is 1.17 bits per heavy atom. The number of hydrogen-bond donors (Lipinski definition) is 1. The number of carbonyl (C=O) groups is 1. The minimum Gasteiger partial charge on any atom is -0.497 e. The van der Waals surface area contributed by atoms with Crippen LogP contribution in [-0.4, -0.2) is 29.9 Å². The van der Waals surface area contributed by atoms with Gasteiger partial charge in [-0.1, -0.05) is 30.3 Å². The number of hydrogen-bond acceptors (Lipinski definition) is 2. The SMILES string of the molecule is COc1ccc2c(C(=O)N(C)Cc3ccccc3)c(C)[nH]c2c1. The zero-order valence-electron chi connectivity index (χ0n) is 13.6. The van der Waals surface area contributed by atoms with Crippen LogP contribution in [0.15, 0.2) is 48.5 Å². The number of nitrogens with one attached hydrogen (secondary N) is 1. The minimum absolute atomic E-state index is 0.0165. The Morgan fingerprint density at radius 3 is 2.61 bits per heavy atom. The highest BCUT2D eigenvalue weighted by Crippen LogP contribution is 2.27. The van der Waals surface area contributed by atoms with Crippen molar-refractivity contribution >= 4 is 16.8 Å². The molecule has 0 spiro atoms. The molecule has 0 aliphatic heterocycles. The Balaban J connectivity index is 1.92. The van der Waals surface area contributed by atoms with Crippen molar-refractivity contribution in [2.45, 2.75) is 13.5 Å². The van der Waals surface area contributed by atoms with Crippen LogP contribution in [-0.2, 0) is 6.54 Å². The van der Waals surface area contributed by atoms with Crippen LogP contribution in [0.25, 0.3) is 10.9 Å². The lowest BCUT2D eigenvalue weighted by Crippen LogP contribution is -2.26. The van der Waals surface area contributed by atoms with E-state index in [9.17, 15) is 4.79 Å². The number of aromatic nitrogens is 1. The first-order valence-corrected chi connectivity index (χ1v) is 7.56. The number of benzene rings is 2. The largest absolute Gasteiger partial charge is 0.497 e. The molecule has 0 saturated carbocycles. The van der Waals surface area contributed by atoms with Gasteiger partial charge in [0.25, 0.3) is 5.91 Å². The topological polar surface area (TPSA) is 45.3 Å². The van der Waals surface area contributed by atoms with E-state index in [0.717, 1.165) is 33.5 Å². The van der Waals surface area contributed by atoms with E-state index in [-0.39, 0.29) is 5.91 Å². The van der Waals surface area contributed by atoms with Gasteiger partial charge < -0.3 is 14.6 Å². The Bertz CT molecular complexity index is 837. The smallest absolute Gasteiger partial charge is 0.256 e. The first-order chi connectivity index (χ1) is 11.1. The van der Waals surface area contributed by atoms with Gasteiger partial charge in [0, 0.05) is 30.7 Å².